The maximum atomic E-state index is 11.1. The van der Waals surface area contributed by atoms with E-state index < -0.39 is 5.97 Å². The van der Waals surface area contributed by atoms with Crippen molar-refractivity contribution in [3.05, 3.63) is 23.8 Å². The van der Waals surface area contributed by atoms with Crippen LogP contribution >= 0.6 is 0 Å². The maximum absolute atomic E-state index is 11.1. The van der Waals surface area contributed by atoms with Crippen molar-refractivity contribution in [3.63, 3.8) is 0 Å². The minimum absolute atomic E-state index is 0.342. The number of nitrogens with two attached hydrogens (primary N) is 1. The standard InChI is InChI=1S/C13H18N2O2/c1-2-3-9-7-15(8-9)12-6-10(14)4-5-11(12)13(16)17/h4-6,9H,2-3,7-8,14H2,1H3,(H,16,17). The van der Waals surface area contributed by atoms with Crippen molar-refractivity contribution in [2.75, 3.05) is 23.7 Å². The van der Waals surface area contributed by atoms with Crippen LogP contribution in [0.15, 0.2) is 18.2 Å². The summed E-state index contributed by atoms with van der Waals surface area (Å²) >= 11 is 0. The summed E-state index contributed by atoms with van der Waals surface area (Å²) < 4.78 is 0. The number of carboxylic acid groups (broad SMARTS) is 1. The molecule has 1 aromatic rings. The number of nitrogen functional groups attached to an aromatic ring is 1. The molecule has 1 heterocycles. The van der Waals surface area contributed by atoms with Gasteiger partial charge in [0.25, 0.3) is 0 Å². The lowest BCUT2D eigenvalue weighted by atomic mass is 9.93. The molecule has 3 N–H and O–H groups in total. The van der Waals surface area contributed by atoms with Crippen LogP contribution in [-0.2, 0) is 0 Å². The van der Waals surface area contributed by atoms with E-state index in [0.29, 0.717) is 17.2 Å². The molecule has 0 radical (unpaired) electrons. The summed E-state index contributed by atoms with van der Waals surface area (Å²) in [6.07, 6.45) is 2.39. The molecular weight excluding hydrogens is 216 g/mol. The SMILES string of the molecule is CCCC1CN(c2cc(N)ccc2C(=O)O)C1. The Balaban J connectivity index is 2.16. The number of hydrogen-bond acceptors (Lipinski definition) is 3. The van der Waals surface area contributed by atoms with E-state index in [2.05, 4.69) is 11.8 Å². The maximum Gasteiger partial charge on any atom is 0.337 e. The first-order chi connectivity index (χ1) is 8.11. The topological polar surface area (TPSA) is 66.6 Å². The Kier molecular flexibility index (Phi) is 3.22. The first kappa shape index (κ1) is 11.8. The first-order valence-corrected chi connectivity index (χ1v) is 5.99. The summed E-state index contributed by atoms with van der Waals surface area (Å²) in [6, 6.07) is 4.97. The molecule has 0 atom stereocenters. The number of benzene rings is 1. The molecular formula is C13H18N2O2. The molecule has 2 rings (SSSR count). The zero-order valence-corrected chi connectivity index (χ0v) is 10.0. The van der Waals surface area contributed by atoms with Gasteiger partial charge in [-0.15, -0.1) is 0 Å². The molecule has 0 saturated carbocycles. The highest BCUT2D eigenvalue weighted by molar-refractivity contribution is 5.95. The summed E-state index contributed by atoms with van der Waals surface area (Å²) in [4.78, 5) is 13.2. The number of carboxylic acids is 1. The van der Waals surface area contributed by atoms with Gasteiger partial charge in [0.15, 0.2) is 0 Å². The predicted octanol–water partition coefficient (Wildman–Crippen LogP) is 2.20. The molecule has 4 nitrogen and oxygen atoms in total. The lowest BCUT2D eigenvalue weighted by molar-refractivity contribution is 0.0697. The summed E-state index contributed by atoms with van der Waals surface area (Å²) in [6.45, 7) is 4.06. The molecule has 0 unspecified atom stereocenters. The van der Waals surface area contributed by atoms with Gasteiger partial charge in [-0.25, -0.2) is 4.79 Å². The van der Waals surface area contributed by atoms with Crippen molar-refractivity contribution >= 4 is 17.3 Å². The second kappa shape index (κ2) is 4.65. The van der Waals surface area contributed by atoms with Crippen LogP contribution in [0.3, 0.4) is 0 Å². The van der Waals surface area contributed by atoms with Crippen LogP contribution in [0.5, 0.6) is 0 Å². The second-order valence-electron chi connectivity index (χ2n) is 4.64. The fraction of sp³-hybridized carbons (Fsp3) is 0.462. The Morgan fingerprint density at radius 1 is 1.53 bits per heavy atom. The predicted molar refractivity (Wildman–Crippen MR) is 68.4 cm³/mol. The number of anilines is 2. The van der Waals surface area contributed by atoms with Gasteiger partial charge in [0, 0.05) is 18.8 Å². The van der Waals surface area contributed by atoms with Gasteiger partial charge in [-0.05, 0) is 30.5 Å². The number of nitrogens with zero attached hydrogens (tertiary/aromatic N) is 1. The molecule has 0 spiro atoms. The third-order valence-electron chi connectivity index (χ3n) is 3.25. The summed E-state index contributed by atoms with van der Waals surface area (Å²) in [5.41, 5.74) is 7.43. The van der Waals surface area contributed by atoms with Gasteiger partial charge in [0.1, 0.15) is 0 Å². The largest absolute Gasteiger partial charge is 0.478 e. The van der Waals surface area contributed by atoms with Crippen LogP contribution in [0.2, 0.25) is 0 Å². The Hall–Kier alpha value is -1.71. The van der Waals surface area contributed by atoms with Crippen molar-refractivity contribution in [3.8, 4) is 0 Å². The average molecular weight is 234 g/mol. The van der Waals surface area contributed by atoms with Gasteiger partial charge < -0.3 is 15.7 Å². The van der Waals surface area contributed by atoms with Crippen molar-refractivity contribution in [1.29, 1.82) is 0 Å². The number of carbonyl (C=O) groups is 1. The monoisotopic (exact) mass is 234 g/mol. The van der Waals surface area contributed by atoms with E-state index in [1.54, 1.807) is 18.2 Å². The molecule has 92 valence electrons. The molecule has 4 heteroatoms. The normalized spacial score (nSPS) is 15.7. The minimum Gasteiger partial charge on any atom is -0.478 e. The summed E-state index contributed by atoms with van der Waals surface area (Å²) in [5, 5.41) is 9.13. The number of rotatable bonds is 4. The van der Waals surface area contributed by atoms with Gasteiger partial charge in [0.05, 0.1) is 11.3 Å². The molecule has 0 bridgehead atoms. The van der Waals surface area contributed by atoms with E-state index >= 15 is 0 Å². The highest BCUT2D eigenvalue weighted by atomic mass is 16.4. The quantitative estimate of drug-likeness (QED) is 0.784. The highest BCUT2D eigenvalue weighted by Crippen LogP contribution is 2.31. The van der Waals surface area contributed by atoms with Crippen LogP contribution in [0.25, 0.3) is 0 Å². The van der Waals surface area contributed by atoms with Gasteiger partial charge in [-0.3, -0.25) is 0 Å². The Labute approximate surface area is 101 Å². The Bertz CT molecular complexity index is 425. The fourth-order valence-electron chi connectivity index (χ4n) is 2.35. The number of aromatic carboxylic acids is 1. The molecule has 1 aromatic carbocycles. The van der Waals surface area contributed by atoms with Crippen LogP contribution in [0.4, 0.5) is 11.4 Å². The molecule has 1 aliphatic heterocycles. The van der Waals surface area contributed by atoms with Crippen molar-refractivity contribution in [1.82, 2.24) is 0 Å². The third-order valence-corrected chi connectivity index (χ3v) is 3.25. The second-order valence-corrected chi connectivity index (χ2v) is 4.64. The van der Waals surface area contributed by atoms with Crippen molar-refractivity contribution in [2.45, 2.75) is 19.8 Å². The first-order valence-electron chi connectivity index (χ1n) is 5.99. The van der Waals surface area contributed by atoms with E-state index in [1.165, 1.54) is 12.8 Å². The van der Waals surface area contributed by atoms with Crippen molar-refractivity contribution in [2.24, 2.45) is 5.92 Å². The summed E-state index contributed by atoms with van der Waals surface area (Å²) in [5.74, 6) is -0.193. The molecule has 17 heavy (non-hydrogen) atoms. The molecule has 1 saturated heterocycles. The number of hydrogen-bond donors (Lipinski definition) is 2. The van der Waals surface area contributed by atoms with Gasteiger partial charge >= 0.3 is 5.97 Å². The van der Waals surface area contributed by atoms with Crippen LogP contribution in [0, 0.1) is 5.92 Å². The zero-order valence-electron chi connectivity index (χ0n) is 10.0. The van der Waals surface area contributed by atoms with E-state index in [-0.39, 0.29) is 0 Å². The average Bonchev–Trinajstić information content (AvgIpc) is 2.22. The van der Waals surface area contributed by atoms with Gasteiger partial charge in [0.2, 0.25) is 0 Å². The minimum atomic E-state index is -0.890. The molecule has 1 fully saturated rings. The van der Waals surface area contributed by atoms with E-state index in [9.17, 15) is 4.79 Å². The lowest BCUT2D eigenvalue weighted by Gasteiger charge is -2.41. The highest BCUT2D eigenvalue weighted by Gasteiger charge is 2.28. The van der Waals surface area contributed by atoms with E-state index in [1.807, 2.05) is 0 Å². The summed E-state index contributed by atoms with van der Waals surface area (Å²) in [7, 11) is 0. The molecule has 0 amide bonds. The Morgan fingerprint density at radius 2 is 2.24 bits per heavy atom. The molecule has 0 aromatic heterocycles. The van der Waals surface area contributed by atoms with Crippen LogP contribution < -0.4 is 10.6 Å². The van der Waals surface area contributed by atoms with Crippen molar-refractivity contribution < 1.29 is 9.90 Å². The molecule has 0 aliphatic carbocycles. The fourth-order valence-corrected chi connectivity index (χ4v) is 2.35. The van der Waals surface area contributed by atoms with Crippen LogP contribution in [0.1, 0.15) is 30.1 Å². The van der Waals surface area contributed by atoms with Crippen LogP contribution in [-0.4, -0.2) is 24.2 Å². The smallest absolute Gasteiger partial charge is 0.337 e. The van der Waals surface area contributed by atoms with Gasteiger partial charge in [-0.2, -0.15) is 0 Å². The zero-order chi connectivity index (χ0) is 12.4. The van der Waals surface area contributed by atoms with Gasteiger partial charge in [-0.1, -0.05) is 13.3 Å². The Morgan fingerprint density at radius 3 is 2.82 bits per heavy atom. The van der Waals surface area contributed by atoms with E-state index in [0.717, 1.165) is 18.8 Å². The van der Waals surface area contributed by atoms with E-state index in [4.69, 9.17) is 10.8 Å². The molecule has 1 aliphatic rings. The lowest BCUT2D eigenvalue weighted by Crippen LogP contribution is -2.47. The third kappa shape index (κ3) is 2.35.